The Kier molecular flexibility index (Phi) is 5.32. The molecule has 0 heterocycles. The molecular formula is C13H17F4NOS. The Balaban J connectivity index is 2.77. The summed E-state index contributed by atoms with van der Waals surface area (Å²) in [6.07, 6.45) is -4.82. The lowest BCUT2D eigenvalue weighted by Crippen LogP contribution is -2.21. The van der Waals surface area contributed by atoms with Crippen LogP contribution in [0.2, 0.25) is 0 Å². The molecule has 1 aromatic carbocycles. The molecule has 0 amide bonds. The van der Waals surface area contributed by atoms with Gasteiger partial charge in [-0.3, -0.25) is 4.72 Å². The largest absolute Gasteiger partial charge is 0.573 e. The average molecular weight is 311 g/mol. The van der Waals surface area contributed by atoms with E-state index in [2.05, 4.69) is 9.46 Å². The fraction of sp³-hybridized carbons (Fsp3) is 0.538. The lowest BCUT2D eigenvalue weighted by molar-refractivity contribution is -0.274. The van der Waals surface area contributed by atoms with Gasteiger partial charge in [-0.1, -0.05) is 18.0 Å². The van der Waals surface area contributed by atoms with Gasteiger partial charge >= 0.3 is 6.36 Å². The number of benzene rings is 1. The standard InChI is InChI=1S/C13H17F4NOS/c1-8(18-20-12(2,3)4)10-6-5-9(7-11(10)14)19-13(15,16)17/h5-8,18H,1-4H3/t8-/m0/s1. The maximum Gasteiger partial charge on any atom is 0.573 e. The topological polar surface area (TPSA) is 21.3 Å². The molecule has 0 bridgehead atoms. The summed E-state index contributed by atoms with van der Waals surface area (Å²) in [6, 6.07) is 2.80. The van der Waals surface area contributed by atoms with Gasteiger partial charge in [0.05, 0.1) is 0 Å². The molecule has 20 heavy (non-hydrogen) atoms. The molecule has 0 radical (unpaired) electrons. The van der Waals surface area contributed by atoms with Crippen LogP contribution in [0.3, 0.4) is 0 Å². The van der Waals surface area contributed by atoms with Crippen LogP contribution in [-0.4, -0.2) is 11.1 Å². The zero-order chi connectivity index (χ0) is 15.6. The van der Waals surface area contributed by atoms with Gasteiger partial charge in [0.25, 0.3) is 0 Å². The normalized spacial score (nSPS) is 14.2. The highest BCUT2D eigenvalue weighted by Gasteiger charge is 2.31. The van der Waals surface area contributed by atoms with Gasteiger partial charge in [0.2, 0.25) is 0 Å². The van der Waals surface area contributed by atoms with E-state index in [-0.39, 0.29) is 16.4 Å². The molecule has 0 spiro atoms. The highest BCUT2D eigenvalue weighted by Crippen LogP contribution is 2.29. The van der Waals surface area contributed by atoms with Crippen molar-refractivity contribution >= 4 is 11.9 Å². The molecule has 2 nitrogen and oxygen atoms in total. The lowest BCUT2D eigenvalue weighted by atomic mass is 10.1. The number of ether oxygens (including phenoxy) is 1. The molecule has 0 fully saturated rings. The van der Waals surface area contributed by atoms with Crippen molar-refractivity contribution in [1.29, 1.82) is 0 Å². The van der Waals surface area contributed by atoms with E-state index in [1.165, 1.54) is 18.0 Å². The van der Waals surface area contributed by atoms with E-state index < -0.39 is 17.9 Å². The predicted octanol–water partition coefficient (Wildman–Crippen LogP) is 4.82. The molecule has 0 saturated heterocycles. The summed E-state index contributed by atoms with van der Waals surface area (Å²) in [6.45, 7) is 7.72. The van der Waals surface area contributed by atoms with Crippen LogP contribution in [-0.2, 0) is 0 Å². The Morgan fingerprint density at radius 2 is 1.80 bits per heavy atom. The third-order valence-corrected chi connectivity index (χ3v) is 3.30. The molecule has 0 unspecified atom stereocenters. The fourth-order valence-electron chi connectivity index (χ4n) is 1.38. The van der Waals surface area contributed by atoms with Gasteiger partial charge in [0, 0.05) is 22.4 Å². The minimum atomic E-state index is -4.82. The van der Waals surface area contributed by atoms with Crippen molar-refractivity contribution in [2.24, 2.45) is 0 Å². The second-order valence-electron chi connectivity index (χ2n) is 5.29. The first-order valence-corrected chi connectivity index (χ1v) is 6.78. The van der Waals surface area contributed by atoms with E-state index in [9.17, 15) is 17.6 Å². The summed E-state index contributed by atoms with van der Waals surface area (Å²) < 4.78 is 56.5. The smallest absolute Gasteiger partial charge is 0.406 e. The molecule has 1 N–H and O–H groups in total. The molecular weight excluding hydrogens is 294 g/mol. The van der Waals surface area contributed by atoms with E-state index >= 15 is 0 Å². The highest BCUT2D eigenvalue weighted by atomic mass is 32.2. The number of nitrogens with one attached hydrogen (secondary N) is 1. The Hall–Kier alpha value is -0.950. The quantitative estimate of drug-likeness (QED) is 0.636. The van der Waals surface area contributed by atoms with Gasteiger partial charge in [-0.2, -0.15) is 0 Å². The minimum Gasteiger partial charge on any atom is -0.406 e. The fourth-order valence-corrected chi connectivity index (χ4v) is 2.04. The van der Waals surface area contributed by atoms with Gasteiger partial charge < -0.3 is 4.74 Å². The van der Waals surface area contributed by atoms with Crippen LogP contribution in [0, 0.1) is 5.82 Å². The molecule has 1 rings (SSSR count). The monoisotopic (exact) mass is 311 g/mol. The van der Waals surface area contributed by atoms with Gasteiger partial charge in [-0.15, -0.1) is 13.2 Å². The highest BCUT2D eigenvalue weighted by molar-refractivity contribution is 7.98. The third-order valence-electron chi connectivity index (χ3n) is 2.21. The molecule has 0 aliphatic heterocycles. The first kappa shape index (κ1) is 17.1. The van der Waals surface area contributed by atoms with Crippen LogP contribution in [0.15, 0.2) is 18.2 Å². The van der Waals surface area contributed by atoms with Crippen LogP contribution >= 0.6 is 11.9 Å². The van der Waals surface area contributed by atoms with E-state index in [1.807, 2.05) is 20.8 Å². The molecule has 7 heteroatoms. The van der Waals surface area contributed by atoms with Crippen molar-refractivity contribution < 1.29 is 22.3 Å². The van der Waals surface area contributed by atoms with Crippen molar-refractivity contribution in [2.45, 2.75) is 44.8 Å². The Morgan fingerprint density at radius 3 is 2.25 bits per heavy atom. The van der Waals surface area contributed by atoms with Crippen molar-refractivity contribution in [1.82, 2.24) is 4.72 Å². The number of halogens is 4. The molecule has 1 aromatic rings. The van der Waals surface area contributed by atoms with Crippen molar-refractivity contribution in [2.75, 3.05) is 0 Å². The maximum absolute atomic E-state index is 13.8. The van der Waals surface area contributed by atoms with Crippen LogP contribution in [0.5, 0.6) is 5.75 Å². The van der Waals surface area contributed by atoms with E-state index in [0.717, 1.165) is 12.1 Å². The van der Waals surface area contributed by atoms with Crippen molar-refractivity contribution in [3.8, 4) is 5.75 Å². The van der Waals surface area contributed by atoms with Gasteiger partial charge in [-0.05, 0) is 33.8 Å². The number of hydrogen-bond acceptors (Lipinski definition) is 3. The predicted molar refractivity (Wildman–Crippen MR) is 72.0 cm³/mol. The molecule has 1 atom stereocenters. The zero-order valence-corrected chi connectivity index (χ0v) is 12.5. The third kappa shape index (κ3) is 6.00. The average Bonchev–Trinajstić information content (AvgIpc) is 2.22. The summed E-state index contributed by atoms with van der Waals surface area (Å²) >= 11 is 1.43. The second-order valence-corrected chi connectivity index (χ2v) is 6.95. The molecule has 0 saturated carbocycles. The van der Waals surface area contributed by atoms with E-state index in [4.69, 9.17) is 0 Å². The molecule has 0 aliphatic carbocycles. The molecule has 0 aliphatic rings. The first-order chi connectivity index (χ1) is 8.98. The van der Waals surface area contributed by atoms with Crippen molar-refractivity contribution in [3.63, 3.8) is 0 Å². The number of rotatable bonds is 4. The Bertz CT molecular complexity index is 457. The minimum absolute atomic E-state index is 0.0515. The zero-order valence-electron chi connectivity index (χ0n) is 11.6. The van der Waals surface area contributed by atoms with Crippen LogP contribution in [0.4, 0.5) is 17.6 Å². The van der Waals surface area contributed by atoms with E-state index in [1.54, 1.807) is 6.92 Å². The second kappa shape index (κ2) is 6.22. The van der Waals surface area contributed by atoms with Crippen LogP contribution in [0.1, 0.15) is 39.3 Å². The Labute approximate surface area is 120 Å². The maximum atomic E-state index is 13.8. The number of hydrogen-bond donors (Lipinski definition) is 1. The van der Waals surface area contributed by atoms with E-state index in [0.29, 0.717) is 0 Å². The Morgan fingerprint density at radius 1 is 1.20 bits per heavy atom. The summed E-state index contributed by atoms with van der Waals surface area (Å²) in [5.41, 5.74) is 0.288. The first-order valence-electron chi connectivity index (χ1n) is 5.97. The summed E-state index contributed by atoms with van der Waals surface area (Å²) in [5.74, 6) is -1.30. The summed E-state index contributed by atoms with van der Waals surface area (Å²) in [5, 5.41) is 0. The lowest BCUT2D eigenvalue weighted by Gasteiger charge is -2.22. The summed E-state index contributed by atoms with van der Waals surface area (Å²) in [7, 11) is 0. The van der Waals surface area contributed by atoms with Gasteiger partial charge in [0.15, 0.2) is 0 Å². The molecule has 0 aromatic heterocycles. The molecule has 114 valence electrons. The van der Waals surface area contributed by atoms with Crippen LogP contribution in [0.25, 0.3) is 0 Å². The SMILES string of the molecule is C[C@H](NSC(C)(C)C)c1ccc(OC(F)(F)F)cc1F. The summed E-state index contributed by atoms with van der Waals surface area (Å²) in [4.78, 5) is 0. The van der Waals surface area contributed by atoms with Crippen molar-refractivity contribution in [3.05, 3.63) is 29.6 Å². The van der Waals surface area contributed by atoms with Crippen LogP contribution < -0.4 is 9.46 Å². The van der Waals surface area contributed by atoms with Gasteiger partial charge in [0.1, 0.15) is 11.6 Å². The van der Waals surface area contributed by atoms with Gasteiger partial charge in [-0.25, -0.2) is 4.39 Å². The number of alkyl halides is 3.